The Kier molecular flexibility index (Phi) is 5.17. The summed E-state index contributed by atoms with van der Waals surface area (Å²) in [5.41, 5.74) is 5.84. The Morgan fingerprint density at radius 3 is 2.37 bits per heavy atom. The average molecular weight is 358 g/mol. The van der Waals surface area contributed by atoms with Crippen molar-refractivity contribution in [1.29, 1.82) is 0 Å². The van der Waals surface area contributed by atoms with Gasteiger partial charge in [-0.2, -0.15) is 0 Å². The van der Waals surface area contributed by atoms with Gasteiger partial charge in [0.25, 0.3) is 0 Å². The molecule has 2 aromatic carbocycles. The third-order valence-electron chi connectivity index (χ3n) is 4.62. The largest absolute Gasteiger partial charge is 0.489 e. The third-order valence-corrected chi connectivity index (χ3v) is 4.62. The quantitative estimate of drug-likeness (QED) is 0.477. The van der Waals surface area contributed by atoms with Crippen LogP contribution in [0.5, 0.6) is 5.75 Å². The molecular formula is C23H22N2O2. The molecule has 0 spiro atoms. The van der Waals surface area contributed by atoms with E-state index in [0.717, 1.165) is 29.9 Å². The van der Waals surface area contributed by atoms with Gasteiger partial charge in [-0.15, -0.1) is 0 Å². The first-order chi connectivity index (χ1) is 13.3. The molecular weight excluding hydrogens is 336 g/mol. The highest BCUT2D eigenvalue weighted by Crippen LogP contribution is 2.21. The van der Waals surface area contributed by atoms with E-state index in [0.29, 0.717) is 6.61 Å². The van der Waals surface area contributed by atoms with Crippen molar-refractivity contribution in [2.75, 3.05) is 13.7 Å². The van der Waals surface area contributed by atoms with Gasteiger partial charge in [0.1, 0.15) is 12.4 Å². The van der Waals surface area contributed by atoms with E-state index in [9.17, 15) is 0 Å². The van der Waals surface area contributed by atoms with Gasteiger partial charge in [0, 0.05) is 13.3 Å². The molecule has 0 aliphatic heterocycles. The van der Waals surface area contributed by atoms with Gasteiger partial charge in [-0.3, -0.25) is 0 Å². The van der Waals surface area contributed by atoms with E-state index in [-0.39, 0.29) is 0 Å². The summed E-state index contributed by atoms with van der Waals surface area (Å²) < 4.78 is 13.0. The molecule has 4 rings (SSSR count). The fourth-order valence-corrected chi connectivity index (χ4v) is 3.02. The van der Waals surface area contributed by atoms with E-state index < -0.39 is 0 Å². The summed E-state index contributed by atoms with van der Waals surface area (Å²) in [6.45, 7) is 1.29. The van der Waals surface area contributed by atoms with E-state index in [4.69, 9.17) is 9.47 Å². The van der Waals surface area contributed by atoms with Crippen molar-refractivity contribution in [3.05, 3.63) is 90.5 Å². The van der Waals surface area contributed by atoms with Crippen LogP contribution in [-0.2, 0) is 17.8 Å². The normalized spacial score (nSPS) is 11.0. The number of benzene rings is 2. The lowest BCUT2D eigenvalue weighted by molar-refractivity contribution is 0.202. The van der Waals surface area contributed by atoms with Gasteiger partial charge >= 0.3 is 0 Å². The van der Waals surface area contributed by atoms with E-state index in [1.54, 1.807) is 7.11 Å². The van der Waals surface area contributed by atoms with Gasteiger partial charge < -0.3 is 13.9 Å². The predicted octanol–water partition coefficient (Wildman–Crippen LogP) is 4.77. The number of pyridine rings is 1. The third kappa shape index (κ3) is 4.18. The molecule has 0 fully saturated rings. The molecule has 2 heterocycles. The molecule has 2 aromatic heterocycles. The van der Waals surface area contributed by atoms with Crippen molar-refractivity contribution in [3.8, 4) is 16.9 Å². The zero-order chi connectivity index (χ0) is 18.5. The molecule has 0 bridgehead atoms. The fourth-order valence-electron chi connectivity index (χ4n) is 3.02. The smallest absolute Gasteiger partial charge is 0.119 e. The summed E-state index contributed by atoms with van der Waals surface area (Å²) in [5, 5.41) is 0. The molecule has 4 aromatic rings. The Balaban J connectivity index is 1.39. The first-order valence-electron chi connectivity index (χ1n) is 9.03. The number of aromatic nitrogens is 2. The molecule has 0 aliphatic carbocycles. The van der Waals surface area contributed by atoms with Crippen LogP contribution in [0.1, 0.15) is 11.1 Å². The number of fused-ring (bicyclic) bond motifs is 1. The number of rotatable bonds is 7. The van der Waals surface area contributed by atoms with Gasteiger partial charge in [-0.25, -0.2) is 4.98 Å². The van der Waals surface area contributed by atoms with Crippen molar-refractivity contribution in [2.24, 2.45) is 0 Å². The van der Waals surface area contributed by atoms with Crippen LogP contribution >= 0.6 is 0 Å². The van der Waals surface area contributed by atoms with Crippen LogP contribution in [0, 0.1) is 0 Å². The summed E-state index contributed by atoms with van der Waals surface area (Å²) in [7, 11) is 1.72. The van der Waals surface area contributed by atoms with Gasteiger partial charge in [0.2, 0.25) is 0 Å². The highest BCUT2D eigenvalue weighted by Gasteiger charge is 2.02. The molecule has 0 N–H and O–H groups in total. The van der Waals surface area contributed by atoms with Crippen molar-refractivity contribution >= 4 is 5.52 Å². The Bertz CT molecular complexity index is 1000. The first-order valence-corrected chi connectivity index (χ1v) is 9.03. The summed E-state index contributed by atoms with van der Waals surface area (Å²) in [6.07, 6.45) is 6.69. The van der Waals surface area contributed by atoms with E-state index in [1.807, 2.05) is 29.1 Å². The van der Waals surface area contributed by atoms with Gasteiger partial charge in [0.15, 0.2) is 0 Å². The highest BCUT2D eigenvalue weighted by atomic mass is 16.5. The monoisotopic (exact) mass is 358 g/mol. The van der Waals surface area contributed by atoms with Crippen LogP contribution < -0.4 is 4.74 Å². The molecule has 4 nitrogen and oxygen atoms in total. The number of hydrogen-bond acceptors (Lipinski definition) is 3. The molecule has 4 heteroatoms. The minimum Gasteiger partial charge on any atom is -0.489 e. The summed E-state index contributed by atoms with van der Waals surface area (Å²) in [4.78, 5) is 4.16. The molecule has 0 atom stereocenters. The SMILES string of the molecule is COCCc1ccc(OCc2ccc(-c3ccc4cncn4c3)cc2)cc1. The Hall–Kier alpha value is -3.11. The molecule has 136 valence electrons. The Morgan fingerprint density at radius 2 is 1.59 bits per heavy atom. The zero-order valence-electron chi connectivity index (χ0n) is 15.3. The van der Waals surface area contributed by atoms with E-state index >= 15 is 0 Å². The predicted molar refractivity (Wildman–Crippen MR) is 107 cm³/mol. The number of imidazole rings is 1. The number of nitrogens with zero attached hydrogens (tertiary/aromatic N) is 2. The summed E-state index contributed by atoms with van der Waals surface area (Å²) in [6, 6.07) is 20.9. The van der Waals surface area contributed by atoms with Crippen LogP contribution in [0.25, 0.3) is 16.6 Å². The van der Waals surface area contributed by atoms with Crippen LogP contribution in [0.15, 0.2) is 79.4 Å². The molecule has 0 amide bonds. The van der Waals surface area contributed by atoms with E-state index in [2.05, 4.69) is 59.7 Å². The molecule has 27 heavy (non-hydrogen) atoms. The van der Waals surface area contributed by atoms with Gasteiger partial charge in [-0.05, 0) is 46.9 Å². The second kappa shape index (κ2) is 8.06. The Morgan fingerprint density at radius 1 is 0.852 bits per heavy atom. The maximum atomic E-state index is 5.90. The van der Waals surface area contributed by atoms with Crippen LogP contribution in [-0.4, -0.2) is 23.1 Å². The first kappa shape index (κ1) is 17.3. The topological polar surface area (TPSA) is 35.8 Å². The minimum absolute atomic E-state index is 0.554. The highest BCUT2D eigenvalue weighted by molar-refractivity contribution is 5.65. The standard InChI is InChI=1S/C23H22N2O2/c1-26-13-12-18-4-10-23(11-5-18)27-16-19-2-6-20(7-3-19)21-8-9-22-14-24-17-25(22)15-21/h2-11,14-15,17H,12-13,16H2,1H3. The second-order valence-corrected chi connectivity index (χ2v) is 6.52. The lowest BCUT2D eigenvalue weighted by Gasteiger charge is -2.09. The fraction of sp³-hybridized carbons (Fsp3) is 0.174. The van der Waals surface area contributed by atoms with Crippen LogP contribution in [0.3, 0.4) is 0 Å². The molecule has 0 saturated heterocycles. The zero-order valence-corrected chi connectivity index (χ0v) is 15.3. The molecule has 0 unspecified atom stereocenters. The van der Waals surface area contributed by atoms with E-state index in [1.165, 1.54) is 16.7 Å². The van der Waals surface area contributed by atoms with Crippen molar-refractivity contribution in [1.82, 2.24) is 9.38 Å². The number of hydrogen-bond donors (Lipinski definition) is 0. The number of methoxy groups -OCH3 is 1. The Labute approximate surface area is 159 Å². The van der Waals surface area contributed by atoms with Crippen LogP contribution in [0.2, 0.25) is 0 Å². The lowest BCUT2D eigenvalue weighted by atomic mass is 10.1. The maximum absolute atomic E-state index is 5.90. The average Bonchev–Trinajstić information content (AvgIpc) is 3.20. The van der Waals surface area contributed by atoms with Crippen LogP contribution in [0.4, 0.5) is 0 Å². The van der Waals surface area contributed by atoms with Crippen molar-refractivity contribution in [3.63, 3.8) is 0 Å². The summed E-state index contributed by atoms with van der Waals surface area (Å²) >= 11 is 0. The minimum atomic E-state index is 0.554. The molecule has 0 aliphatic rings. The van der Waals surface area contributed by atoms with Crippen molar-refractivity contribution < 1.29 is 9.47 Å². The maximum Gasteiger partial charge on any atom is 0.119 e. The number of ether oxygens (including phenoxy) is 2. The second-order valence-electron chi connectivity index (χ2n) is 6.52. The van der Waals surface area contributed by atoms with Gasteiger partial charge in [-0.1, -0.05) is 42.5 Å². The van der Waals surface area contributed by atoms with Gasteiger partial charge in [0.05, 0.1) is 24.6 Å². The molecule has 0 saturated carbocycles. The van der Waals surface area contributed by atoms with Crippen molar-refractivity contribution in [2.45, 2.75) is 13.0 Å². The lowest BCUT2D eigenvalue weighted by Crippen LogP contribution is -1.97. The summed E-state index contributed by atoms with van der Waals surface area (Å²) in [5.74, 6) is 0.880. The molecule has 0 radical (unpaired) electrons.